The highest BCUT2D eigenvalue weighted by Crippen LogP contribution is 2.40. The van der Waals surface area contributed by atoms with Gasteiger partial charge in [0.2, 0.25) is 5.69 Å². The second kappa shape index (κ2) is 4.52. The third-order valence-electron chi connectivity index (χ3n) is 4.39. The van der Waals surface area contributed by atoms with Crippen molar-refractivity contribution in [3.63, 3.8) is 0 Å². The zero-order chi connectivity index (χ0) is 14.5. The number of aromatic nitrogens is 1. The number of thiophene rings is 1. The summed E-state index contributed by atoms with van der Waals surface area (Å²) in [4.78, 5) is 1.43. The first kappa shape index (κ1) is 12.1. The van der Waals surface area contributed by atoms with Crippen LogP contribution in [0.4, 0.5) is 0 Å². The molecular formula is C20H14NS+. The highest BCUT2D eigenvalue weighted by molar-refractivity contribution is 7.22. The summed E-state index contributed by atoms with van der Waals surface area (Å²) in [6, 6.07) is 23.8. The standard InChI is InChI=1S/C20H14NS/c1-2-6-14(7-3-1)15-10-11-18-20-17(13-21(18)12-15)16-8-4-5-9-19(16)22-20/h1-12H,13H2/q+1. The van der Waals surface area contributed by atoms with Gasteiger partial charge in [0, 0.05) is 27.3 Å². The maximum absolute atomic E-state index is 2.38. The van der Waals surface area contributed by atoms with Crippen molar-refractivity contribution >= 4 is 21.4 Å². The fourth-order valence-corrected chi connectivity index (χ4v) is 4.57. The Kier molecular flexibility index (Phi) is 2.49. The van der Waals surface area contributed by atoms with Crippen LogP contribution in [0.15, 0.2) is 72.9 Å². The lowest BCUT2D eigenvalue weighted by Crippen LogP contribution is -2.32. The smallest absolute Gasteiger partial charge is 0.193 e. The van der Waals surface area contributed by atoms with E-state index in [1.165, 1.54) is 37.3 Å². The van der Waals surface area contributed by atoms with Crippen LogP contribution in [0.1, 0.15) is 5.56 Å². The van der Waals surface area contributed by atoms with Crippen LogP contribution in [0.2, 0.25) is 0 Å². The Hall–Kier alpha value is -2.45. The third kappa shape index (κ3) is 1.68. The van der Waals surface area contributed by atoms with Crippen LogP contribution in [-0.4, -0.2) is 0 Å². The molecule has 1 aliphatic heterocycles. The molecule has 1 nitrogen and oxygen atoms in total. The SMILES string of the molecule is c1ccc(-c2ccc3[n+](c2)Cc2c-3sc3ccccc23)cc1. The molecule has 0 radical (unpaired) electrons. The van der Waals surface area contributed by atoms with Gasteiger partial charge in [0.1, 0.15) is 4.88 Å². The van der Waals surface area contributed by atoms with Gasteiger partial charge < -0.3 is 0 Å². The maximum Gasteiger partial charge on any atom is 0.223 e. The number of fused-ring (bicyclic) bond motifs is 5. The minimum atomic E-state index is 0.982. The lowest BCUT2D eigenvalue weighted by atomic mass is 10.1. The Labute approximate surface area is 133 Å². The number of benzene rings is 2. The zero-order valence-corrected chi connectivity index (χ0v) is 12.8. The molecule has 4 aromatic rings. The van der Waals surface area contributed by atoms with E-state index in [1.54, 1.807) is 0 Å². The molecule has 0 atom stereocenters. The number of nitrogens with zero attached hydrogens (tertiary/aromatic N) is 1. The second-order valence-electron chi connectivity index (χ2n) is 5.70. The van der Waals surface area contributed by atoms with Crippen molar-refractivity contribution in [3.05, 3.63) is 78.5 Å². The summed E-state index contributed by atoms with van der Waals surface area (Å²) < 4.78 is 3.78. The predicted molar refractivity (Wildman–Crippen MR) is 92.0 cm³/mol. The number of hydrogen-bond donors (Lipinski definition) is 0. The molecule has 0 amide bonds. The predicted octanol–water partition coefficient (Wildman–Crippen LogP) is 4.88. The third-order valence-corrected chi connectivity index (χ3v) is 5.63. The Morgan fingerprint density at radius 3 is 2.50 bits per heavy atom. The minimum Gasteiger partial charge on any atom is -0.193 e. The first-order valence-electron chi connectivity index (χ1n) is 7.50. The summed E-state index contributed by atoms with van der Waals surface area (Å²) in [6.45, 7) is 0.982. The van der Waals surface area contributed by atoms with Gasteiger partial charge in [-0.1, -0.05) is 48.5 Å². The molecule has 0 aliphatic carbocycles. The molecule has 2 aromatic heterocycles. The lowest BCUT2D eigenvalue weighted by molar-refractivity contribution is -0.671. The summed E-state index contributed by atoms with van der Waals surface area (Å²) >= 11 is 1.91. The molecule has 0 saturated carbocycles. The van der Waals surface area contributed by atoms with Crippen molar-refractivity contribution in [2.45, 2.75) is 6.54 Å². The molecule has 0 unspecified atom stereocenters. The van der Waals surface area contributed by atoms with Crippen LogP contribution in [0, 0.1) is 0 Å². The van der Waals surface area contributed by atoms with Crippen LogP contribution in [0.25, 0.3) is 31.8 Å². The molecule has 0 fully saturated rings. The van der Waals surface area contributed by atoms with Crippen LogP contribution in [0.3, 0.4) is 0 Å². The van der Waals surface area contributed by atoms with Gasteiger partial charge in [-0.05, 0) is 17.7 Å². The van der Waals surface area contributed by atoms with Crippen molar-refractivity contribution in [2.75, 3.05) is 0 Å². The van der Waals surface area contributed by atoms with Gasteiger partial charge in [-0.15, -0.1) is 11.3 Å². The summed E-state index contributed by atoms with van der Waals surface area (Å²) in [6.07, 6.45) is 2.28. The van der Waals surface area contributed by atoms with E-state index in [-0.39, 0.29) is 0 Å². The van der Waals surface area contributed by atoms with E-state index in [0.29, 0.717) is 0 Å². The molecule has 1 aliphatic rings. The van der Waals surface area contributed by atoms with Crippen LogP contribution in [0.5, 0.6) is 0 Å². The van der Waals surface area contributed by atoms with Gasteiger partial charge in [0.05, 0.1) is 0 Å². The Morgan fingerprint density at radius 1 is 0.773 bits per heavy atom. The molecule has 0 spiro atoms. The van der Waals surface area contributed by atoms with Crippen LogP contribution in [-0.2, 0) is 6.54 Å². The monoisotopic (exact) mass is 300 g/mol. The zero-order valence-electron chi connectivity index (χ0n) is 12.0. The molecule has 2 aromatic carbocycles. The molecule has 3 heterocycles. The van der Waals surface area contributed by atoms with E-state index in [9.17, 15) is 0 Å². The normalized spacial score (nSPS) is 12.4. The first-order chi connectivity index (χ1) is 10.9. The van der Waals surface area contributed by atoms with Crippen molar-refractivity contribution < 1.29 is 4.57 Å². The van der Waals surface area contributed by atoms with Gasteiger partial charge in [-0.3, -0.25) is 0 Å². The Bertz CT molecular complexity index is 999. The summed E-state index contributed by atoms with van der Waals surface area (Å²) in [7, 11) is 0. The van der Waals surface area contributed by atoms with Gasteiger partial charge in [-0.25, -0.2) is 0 Å². The number of rotatable bonds is 1. The largest absolute Gasteiger partial charge is 0.223 e. The van der Waals surface area contributed by atoms with Crippen LogP contribution < -0.4 is 4.57 Å². The lowest BCUT2D eigenvalue weighted by Gasteiger charge is -2.01. The van der Waals surface area contributed by atoms with E-state index in [4.69, 9.17) is 0 Å². The van der Waals surface area contributed by atoms with Crippen molar-refractivity contribution in [2.24, 2.45) is 0 Å². The fraction of sp³-hybridized carbons (Fsp3) is 0.0500. The second-order valence-corrected chi connectivity index (χ2v) is 6.76. The van der Waals surface area contributed by atoms with E-state index in [2.05, 4.69) is 77.5 Å². The highest BCUT2D eigenvalue weighted by atomic mass is 32.1. The molecule has 22 heavy (non-hydrogen) atoms. The first-order valence-corrected chi connectivity index (χ1v) is 8.31. The van der Waals surface area contributed by atoms with Crippen molar-refractivity contribution in [3.8, 4) is 21.7 Å². The Morgan fingerprint density at radius 2 is 1.59 bits per heavy atom. The molecular weight excluding hydrogens is 286 g/mol. The van der Waals surface area contributed by atoms with Gasteiger partial charge in [-0.2, -0.15) is 4.57 Å². The summed E-state index contributed by atoms with van der Waals surface area (Å²) in [5.41, 5.74) is 5.38. The van der Waals surface area contributed by atoms with E-state index < -0.39 is 0 Å². The molecule has 0 bridgehead atoms. The van der Waals surface area contributed by atoms with Crippen LogP contribution >= 0.6 is 11.3 Å². The topological polar surface area (TPSA) is 3.88 Å². The fourth-order valence-electron chi connectivity index (χ4n) is 3.32. The highest BCUT2D eigenvalue weighted by Gasteiger charge is 2.30. The van der Waals surface area contributed by atoms with Gasteiger partial charge in [0.25, 0.3) is 0 Å². The molecule has 5 rings (SSSR count). The Balaban J connectivity index is 1.68. The van der Waals surface area contributed by atoms with Crippen molar-refractivity contribution in [1.82, 2.24) is 0 Å². The van der Waals surface area contributed by atoms with Gasteiger partial charge in [0.15, 0.2) is 12.7 Å². The number of pyridine rings is 1. The van der Waals surface area contributed by atoms with E-state index in [0.717, 1.165) is 6.54 Å². The van der Waals surface area contributed by atoms with E-state index >= 15 is 0 Å². The average Bonchev–Trinajstić information content (AvgIpc) is 3.11. The summed E-state index contributed by atoms with van der Waals surface area (Å²) in [5.74, 6) is 0. The maximum atomic E-state index is 2.38. The van der Waals surface area contributed by atoms with Crippen molar-refractivity contribution in [1.29, 1.82) is 0 Å². The quantitative estimate of drug-likeness (QED) is 0.388. The van der Waals surface area contributed by atoms with E-state index in [1.807, 2.05) is 11.3 Å². The summed E-state index contributed by atoms with van der Waals surface area (Å²) in [5, 5.41) is 1.41. The number of hydrogen-bond acceptors (Lipinski definition) is 1. The molecule has 104 valence electrons. The minimum absolute atomic E-state index is 0.982. The van der Waals surface area contributed by atoms with Gasteiger partial charge >= 0.3 is 0 Å². The molecule has 2 heteroatoms. The molecule has 0 N–H and O–H groups in total. The molecule has 0 saturated heterocycles. The average molecular weight is 300 g/mol.